The van der Waals surface area contributed by atoms with Crippen molar-refractivity contribution in [3.05, 3.63) is 0 Å². The molecule has 0 aliphatic rings. The molecule has 0 radical (unpaired) electrons. The molecule has 0 saturated heterocycles. The van der Waals surface area contributed by atoms with Gasteiger partial charge in [-0.15, -0.1) is 0 Å². The van der Waals surface area contributed by atoms with Crippen LogP contribution in [0.15, 0.2) is 0 Å². The predicted molar refractivity (Wildman–Crippen MR) is 74.4 cm³/mol. The molecule has 0 aromatic heterocycles. The van der Waals surface area contributed by atoms with Crippen LogP contribution >= 0.6 is 11.8 Å². The maximum absolute atomic E-state index is 12.0. The second-order valence-corrected chi connectivity index (χ2v) is 5.41. The first-order chi connectivity index (χ1) is 7.87. The lowest BCUT2D eigenvalue weighted by atomic mass is 10.1. The van der Waals surface area contributed by atoms with Crippen LogP contribution in [-0.2, 0) is 4.79 Å². The first kappa shape index (κ1) is 16.7. The Kier molecular flexibility index (Phi) is 7.83. The summed E-state index contributed by atoms with van der Waals surface area (Å²) in [6.45, 7) is 9.45. The van der Waals surface area contributed by atoms with E-state index in [0.717, 1.165) is 13.1 Å². The molecule has 0 spiro atoms. The van der Waals surface area contributed by atoms with E-state index < -0.39 is 5.60 Å². The highest BCUT2D eigenvalue weighted by Gasteiger charge is 2.23. The van der Waals surface area contributed by atoms with Crippen LogP contribution in [-0.4, -0.2) is 59.2 Å². The summed E-state index contributed by atoms with van der Waals surface area (Å²) in [5.41, 5.74) is -0.767. The average Bonchev–Trinajstić information content (AvgIpc) is 2.27. The topological polar surface area (TPSA) is 52.6 Å². The van der Waals surface area contributed by atoms with Crippen LogP contribution in [0.2, 0.25) is 0 Å². The normalized spacial score (nSPS) is 16.4. The standard InChI is InChI=1S/C12H26N2O2S/c1-6-14(7-2)11(15)10(3)13-8-12(4,16)9-17-5/h10,13,16H,6-9H2,1-5H3. The van der Waals surface area contributed by atoms with Crippen LogP contribution in [0.25, 0.3) is 0 Å². The van der Waals surface area contributed by atoms with Gasteiger partial charge in [-0.3, -0.25) is 4.79 Å². The molecule has 0 heterocycles. The van der Waals surface area contributed by atoms with Gasteiger partial charge in [0.15, 0.2) is 0 Å². The SMILES string of the molecule is CCN(CC)C(=O)C(C)NCC(C)(O)CSC. The number of nitrogens with one attached hydrogen (secondary N) is 1. The Balaban J connectivity index is 4.17. The second kappa shape index (κ2) is 7.95. The molecule has 0 fully saturated rings. The lowest BCUT2D eigenvalue weighted by Crippen LogP contribution is -2.50. The largest absolute Gasteiger partial charge is 0.388 e. The molecule has 0 bridgehead atoms. The van der Waals surface area contributed by atoms with E-state index in [0.29, 0.717) is 12.3 Å². The lowest BCUT2D eigenvalue weighted by Gasteiger charge is -2.27. The number of amides is 1. The first-order valence-electron chi connectivity index (χ1n) is 6.11. The fourth-order valence-electron chi connectivity index (χ4n) is 1.63. The molecule has 1 amide bonds. The Morgan fingerprint density at radius 2 is 2.00 bits per heavy atom. The number of hydrogen-bond acceptors (Lipinski definition) is 4. The maximum Gasteiger partial charge on any atom is 0.239 e. The number of likely N-dealkylation sites (N-methyl/N-ethyl adjacent to an activating group) is 1. The van der Waals surface area contributed by atoms with Gasteiger partial charge in [0.05, 0.1) is 11.6 Å². The molecule has 4 nitrogen and oxygen atoms in total. The zero-order valence-electron chi connectivity index (χ0n) is 11.6. The van der Waals surface area contributed by atoms with Crippen LogP contribution in [0.4, 0.5) is 0 Å². The average molecular weight is 262 g/mol. The number of nitrogens with zero attached hydrogens (tertiary/aromatic N) is 1. The van der Waals surface area contributed by atoms with Crippen molar-refractivity contribution in [2.24, 2.45) is 0 Å². The van der Waals surface area contributed by atoms with Crippen LogP contribution < -0.4 is 5.32 Å². The molecule has 102 valence electrons. The van der Waals surface area contributed by atoms with Crippen molar-refractivity contribution in [1.82, 2.24) is 10.2 Å². The summed E-state index contributed by atoms with van der Waals surface area (Å²) in [7, 11) is 0. The Hall–Kier alpha value is -0.260. The van der Waals surface area contributed by atoms with Crippen LogP contribution in [0.5, 0.6) is 0 Å². The van der Waals surface area contributed by atoms with Gasteiger partial charge >= 0.3 is 0 Å². The van der Waals surface area contributed by atoms with Gasteiger partial charge in [-0.05, 0) is 34.0 Å². The van der Waals surface area contributed by atoms with Crippen LogP contribution in [0, 0.1) is 0 Å². The highest BCUT2D eigenvalue weighted by Crippen LogP contribution is 2.09. The van der Waals surface area contributed by atoms with Gasteiger partial charge in [-0.2, -0.15) is 11.8 Å². The van der Waals surface area contributed by atoms with E-state index in [1.54, 1.807) is 23.6 Å². The zero-order chi connectivity index (χ0) is 13.5. The van der Waals surface area contributed by atoms with Gasteiger partial charge < -0.3 is 15.3 Å². The molecule has 0 aromatic rings. The summed E-state index contributed by atoms with van der Waals surface area (Å²) < 4.78 is 0. The van der Waals surface area contributed by atoms with Crippen LogP contribution in [0.1, 0.15) is 27.7 Å². The molecule has 2 unspecified atom stereocenters. The molecule has 17 heavy (non-hydrogen) atoms. The fourth-order valence-corrected chi connectivity index (χ4v) is 2.36. The maximum atomic E-state index is 12.0. The van der Waals surface area contributed by atoms with Gasteiger partial charge in [0.2, 0.25) is 5.91 Å². The summed E-state index contributed by atoms with van der Waals surface area (Å²) >= 11 is 1.60. The molecular formula is C12H26N2O2S. The number of thioether (sulfide) groups is 1. The smallest absolute Gasteiger partial charge is 0.239 e. The number of carbonyl (C=O) groups is 1. The Bertz CT molecular complexity index is 231. The number of rotatable bonds is 8. The summed E-state index contributed by atoms with van der Waals surface area (Å²) in [4.78, 5) is 13.7. The Labute approximate surface area is 109 Å². The van der Waals surface area contributed by atoms with Crippen molar-refractivity contribution >= 4 is 17.7 Å². The minimum Gasteiger partial charge on any atom is -0.388 e. The third-order valence-electron chi connectivity index (χ3n) is 2.69. The summed E-state index contributed by atoms with van der Waals surface area (Å²) in [5, 5.41) is 13.1. The number of hydrogen-bond donors (Lipinski definition) is 2. The van der Waals surface area contributed by atoms with E-state index in [2.05, 4.69) is 5.32 Å². The van der Waals surface area contributed by atoms with Crippen molar-refractivity contribution < 1.29 is 9.90 Å². The third-order valence-corrected chi connectivity index (χ3v) is 3.60. The fraction of sp³-hybridized carbons (Fsp3) is 0.917. The molecule has 0 rings (SSSR count). The monoisotopic (exact) mass is 262 g/mol. The van der Waals surface area contributed by atoms with Gasteiger partial charge in [0.25, 0.3) is 0 Å². The molecular weight excluding hydrogens is 236 g/mol. The van der Waals surface area contributed by atoms with Crippen molar-refractivity contribution in [2.45, 2.75) is 39.3 Å². The second-order valence-electron chi connectivity index (χ2n) is 4.54. The van der Waals surface area contributed by atoms with Gasteiger partial charge in [-0.1, -0.05) is 0 Å². The molecule has 0 aliphatic heterocycles. The predicted octanol–water partition coefficient (Wildman–Crippen LogP) is 0.947. The summed E-state index contributed by atoms with van der Waals surface area (Å²) in [6.07, 6.45) is 1.96. The van der Waals surface area contributed by atoms with Crippen molar-refractivity contribution in [2.75, 3.05) is 31.6 Å². The quantitative estimate of drug-likeness (QED) is 0.684. The van der Waals surface area contributed by atoms with E-state index in [1.807, 2.05) is 27.0 Å². The molecule has 0 aliphatic carbocycles. The van der Waals surface area contributed by atoms with Gasteiger partial charge in [-0.25, -0.2) is 0 Å². The Morgan fingerprint density at radius 1 is 1.47 bits per heavy atom. The van der Waals surface area contributed by atoms with E-state index in [-0.39, 0.29) is 11.9 Å². The highest BCUT2D eigenvalue weighted by molar-refractivity contribution is 7.98. The lowest BCUT2D eigenvalue weighted by molar-refractivity contribution is -0.132. The van der Waals surface area contributed by atoms with Crippen molar-refractivity contribution in [3.63, 3.8) is 0 Å². The third kappa shape index (κ3) is 6.29. The first-order valence-corrected chi connectivity index (χ1v) is 7.50. The number of carbonyl (C=O) groups excluding carboxylic acids is 1. The number of aliphatic hydroxyl groups is 1. The van der Waals surface area contributed by atoms with Gasteiger partial charge in [0, 0.05) is 25.4 Å². The Morgan fingerprint density at radius 3 is 2.41 bits per heavy atom. The molecule has 2 atom stereocenters. The molecule has 5 heteroatoms. The van der Waals surface area contributed by atoms with Crippen molar-refractivity contribution in [1.29, 1.82) is 0 Å². The van der Waals surface area contributed by atoms with E-state index in [4.69, 9.17) is 0 Å². The minimum atomic E-state index is -0.767. The molecule has 0 saturated carbocycles. The van der Waals surface area contributed by atoms with Crippen LogP contribution in [0.3, 0.4) is 0 Å². The van der Waals surface area contributed by atoms with E-state index in [9.17, 15) is 9.90 Å². The van der Waals surface area contributed by atoms with E-state index in [1.165, 1.54) is 0 Å². The summed E-state index contributed by atoms with van der Waals surface area (Å²) in [5.74, 6) is 0.751. The molecule has 0 aromatic carbocycles. The van der Waals surface area contributed by atoms with Gasteiger partial charge in [0.1, 0.15) is 0 Å². The minimum absolute atomic E-state index is 0.0925. The zero-order valence-corrected chi connectivity index (χ0v) is 12.4. The highest BCUT2D eigenvalue weighted by atomic mass is 32.2. The molecule has 2 N–H and O–H groups in total. The summed E-state index contributed by atoms with van der Waals surface area (Å²) in [6, 6.07) is -0.247. The van der Waals surface area contributed by atoms with Crippen molar-refractivity contribution in [3.8, 4) is 0 Å². The van der Waals surface area contributed by atoms with E-state index >= 15 is 0 Å².